The van der Waals surface area contributed by atoms with Crippen molar-refractivity contribution in [3.8, 4) is 0 Å². The average molecular weight is 460 g/mol. The van der Waals surface area contributed by atoms with Gasteiger partial charge in [-0.25, -0.2) is 0 Å². The number of Topliss-reactive ketones (excluding diaryl/α,β-unsaturated/α-hetero) is 1. The third kappa shape index (κ3) is 6.30. The molecule has 150 valence electrons. The van der Waals surface area contributed by atoms with Crippen LogP contribution in [0.1, 0.15) is 20.7 Å². The number of non-ortho nitro benzene ring substituents is 1. The third-order valence-corrected chi connectivity index (χ3v) is 3.86. The highest BCUT2D eigenvalue weighted by molar-refractivity contribution is 6.04. The number of nitrogens with one attached hydrogen (secondary N) is 1. The van der Waals surface area contributed by atoms with Gasteiger partial charge >= 0.3 is 0 Å². The number of benzene rings is 2. The standard InChI is InChI=1S/C20H15N3O4.BrH.H2O/c24-19(16-8-4-10-18(12-16)23(26)27)14-22-11-5-9-17(13-22)21-20(25)15-6-2-1-3-7-15;;/h1-13H,14H2;1H;1H2. The summed E-state index contributed by atoms with van der Waals surface area (Å²) in [6.07, 6.45) is 3.32. The Bertz CT molecular complexity index is 1010. The Morgan fingerprint density at radius 1 is 0.966 bits per heavy atom. The molecule has 1 aromatic heterocycles. The van der Waals surface area contributed by atoms with Gasteiger partial charge in [-0.1, -0.05) is 30.3 Å². The fraction of sp³-hybridized carbons (Fsp3) is 0.0500. The Kier molecular flexibility index (Phi) is 8.78. The van der Waals surface area contributed by atoms with E-state index in [0.717, 1.165) is 0 Å². The number of hydrogen-bond donors (Lipinski definition) is 1. The van der Waals surface area contributed by atoms with Crippen LogP contribution in [0.5, 0.6) is 0 Å². The smallest absolute Gasteiger partial charge is 0.270 e. The van der Waals surface area contributed by atoms with Crippen LogP contribution in [-0.2, 0) is 6.54 Å². The van der Waals surface area contributed by atoms with Crippen molar-refractivity contribution in [1.29, 1.82) is 0 Å². The molecule has 29 heavy (non-hydrogen) atoms. The van der Waals surface area contributed by atoms with Crippen LogP contribution in [0, 0.1) is 10.1 Å². The lowest BCUT2D eigenvalue weighted by Crippen LogP contribution is -3.00. The highest BCUT2D eigenvalue weighted by Crippen LogP contribution is 2.14. The largest absolute Gasteiger partial charge is 1.00 e. The molecule has 0 saturated carbocycles. The van der Waals surface area contributed by atoms with Gasteiger partial charge in [-0.15, -0.1) is 0 Å². The molecule has 2 aromatic carbocycles. The van der Waals surface area contributed by atoms with Gasteiger partial charge in [0.15, 0.2) is 12.4 Å². The van der Waals surface area contributed by atoms with Crippen LogP contribution in [0.3, 0.4) is 0 Å². The second kappa shape index (κ2) is 10.8. The number of nitro groups is 1. The van der Waals surface area contributed by atoms with Gasteiger partial charge in [0, 0.05) is 29.3 Å². The fourth-order valence-corrected chi connectivity index (χ4v) is 2.54. The first-order chi connectivity index (χ1) is 13.0. The quantitative estimate of drug-likeness (QED) is 0.224. The molecule has 0 aliphatic carbocycles. The van der Waals surface area contributed by atoms with Crippen molar-refractivity contribution in [1.82, 2.24) is 0 Å². The number of carbonyl (C=O) groups excluding carboxylic acids is 2. The number of nitrogens with zero attached hydrogens (tertiary/aromatic N) is 2. The van der Waals surface area contributed by atoms with Crippen LogP contribution >= 0.6 is 0 Å². The molecule has 0 aliphatic rings. The van der Waals surface area contributed by atoms with E-state index in [1.807, 2.05) is 6.07 Å². The summed E-state index contributed by atoms with van der Waals surface area (Å²) in [7, 11) is 0. The van der Waals surface area contributed by atoms with E-state index >= 15 is 0 Å². The SMILES string of the molecule is O.O=C(C[n+]1cccc(NC(=O)c2ccccc2)c1)c1cccc([N+](=O)[O-])c1.[Br-]. The Morgan fingerprint density at radius 2 is 1.66 bits per heavy atom. The van der Waals surface area contributed by atoms with Crippen LogP contribution in [0.25, 0.3) is 0 Å². The van der Waals surface area contributed by atoms with Crippen molar-refractivity contribution in [3.05, 3.63) is 100 Å². The lowest BCUT2D eigenvalue weighted by atomic mass is 10.1. The van der Waals surface area contributed by atoms with E-state index in [0.29, 0.717) is 11.3 Å². The third-order valence-electron chi connectivity index (χ3n) is 3.86. The van der Waals surface area contributed by atoms with E-state index < -0.39 is 4.92 Å². The maximum atomic E-state index is 12.4. The van der Waals surface area contributed by atoms with Crippen molar-refractivity contribution in [2.75, 3.05) is 5.32 Å². The first-order valence-corrected chi connectivity index (χ1v) is 8.16. The molecule has 0 fully saturated rings. The first kappa shape index (κ1) is 23.6. The molecule has 8 nitrogen and oxygen atoms in total. The van der Waals surface area contributed by atoms with Gasteiger partial charge < -0.3 is 27.8 Å². The zero-order valence-electron chi connectivity index (χ0n) is 15.1. The van der Waals surface area contributed by atoms with Gasteiger partial charge in [0.25, 0.3) is 11.6 Å². The summed E-state index contributed by atoms with van der Waals surface area (Å²) in [4.78, 5) is 34.9. The second-order valence-corrected chi connectivity index (χ2v) is 5.82. The van der Waals surface area contributed by atoms with Gasteiger partial charge in [0.2, 0.25) is 12.3 Å². The number of amides is 1. The summed E-state index contributed by atoms with van der Waals surface area (Å²) in [6.45, 7) is -0.00375. The Labute approximate surface area is 177 Å². The van der Waals surface area contributed by atoms with Crippen LogP contribution in [-0.4, -0.2) is 22.1 Å². The fourth-order valence-electron chi connectivity index (χ4n) is 2.54. The van der Waals surface area contributed by atoms with Gasteiger partial charge in [-0.05, 0) is 18.2 Å². The van der Waals surface area contributed by atoms with E-state index in [4.69, 9.17) is 0 Å². The molecule has 0 unspecified atom stereocenters. The Hall–Kier alpha value is -3.43. The normalized spacial score (nSPS) is 9.52. The van der Waals surface area contributed by atoms with Gasteiger partial charge in [0.1, 0.15) is 5.69 Å². The number of aromatic nitrogens is 1. The molecule has 0 atom stereocenters. The van der Waals surface area contributed by atoms with Crippen molar-refractivity contribution < 1.29 is 41.5 Å². The van der Waals surface area contributed by atoms with Crippen molar-refractivity contribution in [2.24, 2.45) is 0 Å². The van der Waals surface area contributed by atoms with Gasteiger partial charge in [-0.3, -0.25) is 19.7 Å². The molecule has 1 heterocycles. The number of rotatable bonds is 6. The summed E-state index contributed by atoms with van der Waals surface area (Å²) < 4.78 is 1.61. The summed E-state index contributed by atoms with van der Waals surface area (Å²) in [5.74, 6) is -0.520. The van der Waals surface area contributed by atoms with E-state index in [2.05, 4.69) is 5.32 Å². The summed E-state index contributed by atoms with van der Waals surface area (Å²) >= 11 is 0. The minimum Gasteiger partial charge on any atom is -1.00 e. The number of anilines is 1. The minimum absolute atomic E-state index is 0. The average Bonchev–Trinajstić information content (AvgIpc) is 2.69. The van der Waals surface area contributed by atoms with E-state index in [9.17, 15) is 19.7 Å². The maximum absolute atomic E-state index is 12.4. The Balaban J connectivity index is 0.00000210. The van der Waals surface area contributed by atoms with Crippen molar-refractivity contribution in [2.45, 2.75) is 6.54 Å². The highest BCUT2D eigenvalue weighted by atomic mass is 79.9. The molecular formula is C20H18BrN3O5. The Morgan fingerprint density at radius 3 is 2.34 bits per heavy atom. The van der Waals surface area contributed by atoms with Crippen molar-refractivity contribution in [3.63, 3.8) is 0 Å². The maximum Gasteiger partial charge on any atom is 0.270 e. The minimum atomic E-state index is -0.538. The van der Waals surface area contributed by atoms with Gasteiger partial charge in [0.05, 0.1) is 4.92 Å². The predicted octanol–water partition coefficient (Wildman–Crippen LogP) is -0.803. The molecule has 3 rings (SSSR count). The molecule has 0 spiro atoms. The number of nitro benzene ring substituents is 1. The number of hydrogen-bond acceptors (Lipinski definition) is 4. The van der Waals surface area contributed by atoms with E-state index in [1.165, 1.54) is 24.3 Å². The topological polar surface area (TPSA) is 125 Å². The van der Waals surface area contributed by atoms with Crippen LogP contribution in [0.4, 0.5) is 11.4 Å². The molecule has 9 heteroatoms. The number of carbonyl (C=O) groups is 2. The van der Waals surface area contributed by atoms with Crippen LogP contribution in [0.2, 0.25) is 0 Å². The molecule has 0 bridgehead atoms. The predicted molar refractivity (Wildman–Crippen MR) is 102 cm³/mol. The molecule has 0 radical (unpaired) electrons. The van der Waals surface area contributed by atoms with Crippen LogP contribution < -0.4 is 26.9 Å². The van der Waals surface area contributed by atoms with Gasteiger partial charge in [-0.2, -0.15) is 4.57 Å². The van der Waals surface area contributed by atoms with Crippen LogP contribution in [0.15, 0.2) is 79.1 Å². The molecule has 0 saturated heterocycles. The lowest BCUT2D eigenvalue weighted by Gasteiger charge is -2.04. The molecule has 3 N–H and O–H groups in total. The highest BCUT2D eigenvalue weighted by Gasteiger charge is 2.16. The first-order valence-electron chi connectivity index (χ1n) is 8.16. The van der Waals surface area contributed by atoms with Crippen molar-refractivity contribution >= 4 is 23.1 Å². The molecule has 1 amide bonds. The monoisotopic (exact) mass is 459 g/mol. The second-order valence-electron chi connectivity index (χ2n) is 5.82. The zero-order valence-corrected chi connectivity index (χ0v) is 16.7. The number of ketones is 1. The number of halogens is 1. The lowest BCUT2D eigenvalue weighted by molar-refractivity contribution is -0.682. The van der Waals surface area contributed by atoms with E-state index in [1.54, 1.807) is 53.4 Å². The number of pyridine rings is 1. The summed E-state index contributed by atoms with van der Waals surface area (Å²) in [6, 6.07) is 17.8. The summed E-state index contributed by atoms with van der Waals surface area (Å²) in [5, 5.41) is 13.6. The summed E-state index contributed by atoms with van der Waals surface area (Å²) in [5.41, 5.74) is 1.20. The zero-order chi connectivity index (χ0) is 19.2. The van der Waals surface area contributed by atoms with E-state index in [-0.39, 0.29) is 51.9 Å². The molecule has 0 aliphatic heterocycles. The molecule has 3 aromatic rings. The molecular weight excluding hydrogens is 442 g/mol.